The van der Waals surface area contributed by atoms with Crippen LogP contribution in [0.2, 0.25) is 5.02 Å². The van der Waals surface area contributed by atoms with E-state index in [0.29, 0.717) is 57.9 Å². The van der Waals surface area contributed by atoms with Crippen LogP contribution in [0.15, 0.2) is 60.2 Å². The highest BCUT2D eigenvalue weighted by molar-refractivity contribution is 7.22. The Morgan fingerprint density at radius 2 is 1.85 bits per heavy atom. The molecule has 0 aliphatic carbocycles. The molecule has 1 amide bonds. The average molecular weight is 591 g/mol. The van der Waals surface area contributed by atoms with E-state index in [1.807, 2.05) is 26.8 Å². The second kappa shape index (κ2) is 10.7. The van der Waals surface area contributed by atoms with Gasteiger partial charge in [-0.2, -0.15) is 0 Å². The number of amides is 1. The van der Waals surface area contributed by atoms with E-state index in [2.05, 4.69) is 4.98 Å². The van der Waals surface area contributed by atoms with Crippen LogP contribution in [0.4, 0.5) is 5.13 Å². The summed E-state index contributed by atoms with van der Waals surface area (Å²) in [5, 5.41) is 12.5. The molecule has 0 radical (unpaired) electrons. The molecule has 1 N–H and O–H groups in total. The van der Waals surface area contributed by atoms with Crippen LogP contribution in [0.25, 0.3) is 16.0 Å². The van der Waals surface area contributed by atoms with E-state index in [4.69, 9.17) is 25.8 Å². The van der Waals surface area contributed by atoms with Gasteiger partial charge in [0.05, 0.1) is 35.0 Å². The van der Waals surface area contributed by atoms with Crippen molar-refractivity contribution >= 4 is 55.7 Å². The van der Waals surface area contributed by atoms with E-state index < -0.39 is 17.7 Å². The topological polar surface area (TPSA) is 98.2 Å². The van der Waals surface area contributed by atoms with Crippen molar-refractivity contribution in [3.63, 3.8) is 0 Å². The Labute approximate surface area is 245 Å². The maximum Gasteiger partial charge on any atom is 0.301 e. The third-order valence-corrected chi connectivity index (χ3v) is 8.29. The van der Waals surface area contributed by atoms with E-state index in [1.54, 1.807) is 48.5 Å². The Kier molecular flexibility index (Phi) is 7.09. The zero-order valence-corrected chi connectivity index (χ0v) is 24.2. The number of aromatic nitrogens is 1. The molecule has 6 rings (SSSR count). The van der Waals surface area contributed by atoms with Gasteiger partial charge in [0.1, 0.15) is 17.6 Å². The molecule has 0 bridgehead atoms. The summed E-state index contributed by atoms with van der Waals surface area (Å²) in [6, 6.07) is 14.8. The quantitative estimate of drug-likeness (QED) is 0.145. The van der Waals surface area contributed by atoms with Crippen molar-refractivity contribution in [2.75, 3.05) is 18.1 Å². The minimum Gasteiger partial charge on any atom is -0.507 e. The van der Waals surface area contributed by atoms with Crippen molar-refractivity contribution in [1.82, 2.24) is 4.98 Å². The van der Waals surface area contributed by atoms with Crippen LogP contribution >= 0.6 is 22.9 Å². The summed E-state index contributed by atoms with van der Waals surface area (Å²) >= 11 is 7.45. The lowest BCUT2D eigenvalue weighted by atomic mass is 9.94. The summed E-state index contributed by atoms with van der Waals surface area (Å²) in [4.78, 5) is 33.4. The first kappa shape index (κ1) is 27.1. The van der Waals surface area contributed by atoms with Crippen LogP contribution < -0.4 is 19.1 Å². The van der Waals surface area contributed by atoms with Crippen molar-refractivity contribution in [2.24, 2.45) is 0 Å². The second-order valence-electron chi connectivity index (χ2n) is 9.80. The number of hydrogen-bond donors (Lipinski definition) is 1. The minimum absolute atomic E-state index is 0.0151. The molecule has 4 aromatic rings. The van der Waals surface area contributed by atoms with Crippen LogP contribution in [0, 0.1) is 0 Å². The van der Waals surface area contributed by atoms with Gasteiger partial charge < -0.3 is 19.3 Å². The number of nitrogens with zero attached hydrogens (tertiary/aromatic N) is 2. The lowest BCUT2D eigenvalue weighted by molar-refractivity contribution is -0.132. The lowest BCUT2D eigenvalue weighted by Gasteiger charge is -2.24. The highest BCUT2D eigenvalue weighted by Crippen LogP contribution is 2.46. The van der Waals surface area contributed by atoms with Gasteiger partial charge in [0.25, 0.3) is 5.78 Å². The summed E-state index contributed by atoms with van der Waals surface area (Å²) in [5.41, 5.74) is 2.52. The highest BCUT2D eigenvalue weighted by Gasteiger charge is 2.48. The summed E-state index contributed by atoms with van der Waals surface area (Å²) in [6.45, 7) is 6.53. The van der Waals surface area contributed by atoms with Crippen LogP contribution in [0.5, 0.6) is 17.2 Å². The number of aliphatic hydroxyl groups is 1. The number of ketones is 1. The number of benzene rings is 3. The molecule has 1 aromatic heterocycles. The van der Waals surface area contributed by atoms with Crippen molar-refractivity contribution in [2.45, 2.75) is 39.3 Å². The van der Waals surface area contributed by atoms with Gasteiger partial charge in [-0.25, -0.2) is 4.98 Å². The Hall–Kier alpha value is -4.08. The molecular weight excluding hydrogens is 564 g/mol. The zero-order valence-electron chi connectivity index (χ0n) is 22.6. The molecular formula is C31H27ClN2O6S. The first-order chi connectivity index (χ1) is 19.8. The van der Waals surface area contributed by atoms with Gasteiger partial charge in [-0.15, -0.1) is 0 Å². The first-order valence-electron chi connectivity index (χ1n) is 13.4. The molecule has 3 heterocycles. The summed E-state index contributed by atoms with van der Waals surface area (Å²) in [6.07, 6.45) is 0.695. The number of carbonyl (C=O) groups excluding carboxylic acids is 2. The number of aliphatic hydroxyl groups excluding tert-OH is 1. The van der Waals surface area contributed by atoms with Crippen molar-refractivity contribution in [3.8, 4) is 17.2 Å². The molecule has 8 nitrogen and oxygen atoms in total. The zero-order chi connectivity index (χ0) is 28.8. The Balaban J connectivity index is 1.55. The Bertz CT molecular complexity index is 1730. The predicted octanol–water partition coefficient (Wildman–Crippen LogP) is 6.70. The van der Waals surface area contributed by atoms with Crippen LogP contribution in [-0.2, 0) is 16.0 Å². The fourth-order valence-electron chi connectivity index (χ4n) is 5.30. The molecule has 0 unspecified atom stereocenters. The molecule has 2 aliphatic heterocycles. The number of hydrogen-bond acceptors (Lipinski definition) is 8. The van der Waals surface area contributed by atoms with Gasteiger partial charge in [-0.1, -0.05) is 29.0 Å². The number of carbonyl (C=O) groups is 2. The summed E-state index contributed by atoms with van der Waals surface area (Å²) in [7, 11) is 0. The van der Waals surface area contributed by atoms with E-state index >= 15 is 0 Å². The predicted molar refractivity (Wildman–Crippen MR) is 158 cm³/mol. The third kappa shape index (κ3) is 4.79. The number of thiazole rings is 1. The molecule has 2 aliphatic rings. The van der Waals surface area contributed by atoms with Gasteiger partial charge in [0.2, 0.25) is 0 Å². The standard InChI is InChI=1S/C31H27ClN2O6S/c1-4-38-23-11-6-17(14-24(23)39-5-2)27-26(28(35)18-7-10-22-19(13-18)12-16(3)40-22)29(36)30(37)34(27)31-33-21-9-8-20(32)15-25(21)41-31/h6-11,13-16,27,35H,4-5,12H2,1-3H3/t16-,27-/m1/s1. The number of rotatable bonds is 7. The normalized spacial score (nSPS) is 19.5. The van der Waals surface area contributed by atoms with Gasteiger partial charge in [0.15, 0.2) is 16.6 Å². The smallest absolute Gasteiger partial charge is 0.301 e. The molecule has 0 spiro atoms. The van der Waals surface area contributed by atoms with E-state index in [-0.39, 0.29) is 17.4 Å². The number of halogens is 1. The van der Waals surface area contributed by atoms with Crippen molar-refractivity contribution in [1.29, 1.82) is 0 Å². The first-order valence-corrected chi connectivity index (χ1v) is 14.5. The largest absolute Gasteiger partial charge is 0.507 e. The van der Waals surface area contributed by atoms with E-state index in [9.17, 15) is 14.7 Å². The summed E-state index contributed by atoms with van der Waals surface area (Å²) in [5.74, 6) is -0.107. The maximum atomic E-state index is 13.7. The van der Waals surface area contributed by atoms with Gasteiger partial charge in [-0.05, 0) is 80.4 Å². The molecule has 0 saturated carbocycles. The minimum atomic E-state index is -0.968. The Morgan fingerprint density at radius 1 is 1.07 bits per heavy atom. The van der Waals surface area contributed by atoms with Crippen LogP contribution in [0.3, 0.4) is 0 Å². The number of fused-ring (bicyclic) bond motifs is 2. The van der Waals surface area contributed by atoms with Gasteiger partial charge in [-0.3, -0.25) is 14.5 Å². The number of Topliss-reactive ketones (excluding diaryl/α,β-unsaturated/α-hetero) is 1. The molecule has 2 atom stereocenters. The van der Waals surface area contributed by atoms with Gasteiger partial charge in [0, 0.05) is 17.0 Å². The van der Waals surface area contributed by atoms with Crippen molar-refractivity contribution < 1.29 is 28.9 Å². The lowest BCUT2D eigenvalue weighted by Crippen LogP contribution is -2.29. The monoisotopic (exact) mass is 590 g/mol. The molecule has 210 valence electrons. The number of anilines is 1. The van der Waals surface area contributed by atoms with Crippen molar-refractivity contribution in [3.05, 3.63) is 81.9 Å². The van der Waals surface area contributed by atoms with E-state index in [0.717, 1.165) is 16.0 Å². The SMILES string of the molecule is CCOc1ccc([C@@H]2C(=C(O)c3ccc4c(c3)C[C@@H](C)O4)C(=O)C(=O)N2c2nc3ccc(Cl)cc3s2)cc1OCC. The average Bonchev–Trinajstić information content (AvgIpc) is 3.61. The summed E-state index contributed by atoms with van der Waals surface area (Å²) < 4.78 is 18.2. The molecule has 3 aromatic carbocycles. The molecule has 1 fully saturated rings. The maximum absolute atomic E-state index is 13.7. The van der Waals surface area contributed by atoms with Crippen LogP contribution in [0.1, 0.15) is 43.5 Å². The fourth-order valence-corrected chi connectivity index (χ4v) is 6.57. The highest BCUT2D eigenvalue weighted by atomic mass is 35.5. The second-order valence-corrected chi connectivity index (χ2v) is 11.3. The fraction of sp³-hybridized carbons (Fsp3) is 0.258. The number of ether oxygens (including phenoxy) is 3. The Morgan fingerprint density at radius 3 is 2.63 bits per heavy atom. The third-order valence-electron chi connectivity index (χ3n) is 7.04. The van der Waals surface area contributed by atoms with Gasteiger partial charge >= 0.3 is 5.91 Å². The molecule has 41 heavy (non-hydrogen) atoms. The van der Waals surface area contributed by atoms with Crippen LogP contribution in [-0.4, -0.2) is 41.1 Å². The molecule has 10 heteroatoms. The van der Waals surface area contributed by atoms with E-state index in [1.165, 1.54) is 16.2 Å². The molecule has 1 saturated heterocycles.